The second kappa shape index (κ2) is 6.92. The molecule has 0 saturated carbocycles. The minimum atomic E-state index is -1.32. The van der Waals surface area contributed by atoms with E-state index >= 15 is 0 Å². The highest BCUT2D eigenvalue weighted by atomic mass is 16.7. The van der Waals surface area contributed by atoms with Crippen molar-refractivity contribution in [2.45, 2.75) is 32.3 Å². The molecule has 0 aliphatic carbocycles. The van der Waals surface area contributed by atoms with Crippen LogP contribution in [0.5, 0.6) is 11.5 Å². The van der Waals surface area contributed by atoms with Gasteiger partial charge in [-0.3, -0.25) is 9.59 Å². The van der Waals surface area contributed by atoms with Crippen LogP contribution >= 0.6 is 0 Å². The zero-order valence-corrected chi connectivity index (χ0v) is 16.8. The highest BCUT2D eigenvalue weighted by Gasteiger charge is 2.58. The van der Waals surface area contributed by atoms with Gasteiger partial charge < -0.3 is 14.3 Å². The molecule has 2 aromatic carbocycles. The van der Waals surface area contributed by atoms with E-state index in [1.54, 1.807) is 32.4 Å². The number of oxime groups is 1. The van der Waals surface area contributed by atoms with Gasteiger partial charge in [0.1, 0.15) is 11.5 Å². The molecule has 150 valence electrons. The quantitative estimate of drug-likeness (QED) is 0.745. The number of nitrogens with zero attached hydrogens (tertiary/aromatic N) is 2. The molecule has 7 heteroatoms. The Hall–Kier alpha value is -3.35. The molecular formula is C22H22N2O5. The first-order valence-electron chi connectivity index (χ1n) is 9.31. The van der Waals surface area contributed by atoms with Gasteiger partial charge in [-0.2, -0.15) is 0 Å². The van der Waals surface area contributed by atoms with Gasteiger partial charge in [0.25, 0.3) is 5.91 Å². The van der Waals surface area contributed by atoms with E-state index in [1.165, 1.54) is 4.90 Å². The molecular weight excluding hydrogens is 372 g/mol. The first kappa shape index (κ1) is 19.0. The lowest BCUT2D eigenvalue weighted by atomic mass is 9.92. The van der Waals surface area contributed by atoms with Gasteiger partial charge in [-0.25, -0.2) is 4.90 Å². The van der Waals surface area contributed by atoms with E-state index in [0.29, 0.717) is 28.5 Å². The zero-order chi connectivity index (χ0) is 20.8. The molecule has 0 N–H and O–H groups in total. The van der Waals surface area contributed by atoms with Gasteiger partial charge in [0, 0.05) is 12.0 Å². The maximum absolute atomic E-state index is 13.4. The van der Waals surface area contributed by atoms with E-state index in [9.17, 15) is 9.59 Å². The van der Waals surface area contributed by atoms with Crippen LogP contribution in [0.3, 0.4) is 0 Å². The number of ether oxygens (including phenoxy) is 2. The van der Waals surface area contributed by atoms with E-state index < -0.39 is 5.60 Å². The van der Waals surface area contributed by atoms with Gasteiger partial charge in [0.15, 0.2) is 0 Å². The van der Waals surface area contributed by atoms with Crippen molar-refractivity contribution in [2.75, 3.05) is 19.1 Å². The lowest BCUT2D eigenvalue weighted by Crippen LogP contribution is -2.41. The van der Waals surface area contributed by atoms with Gasteiger partial charge in [0.05, 0.1) is 32.0 Å². The predicted molar refractivity (Wildman–Crippen MR) is 108 cm³/mol. The highest BCUT2D eigenvalue weighted by molar-refractivity contribution is 6.26. The van der Waals surface area contributed by atoms with E-state index in [1.807, 2.05) is 32.0 Å². The fourth-order valence-corrected chi connectivity index (χ4v) is 3.97. The summed E-state index contributed by atoms with van der Waals surface area (Å²) >= 11 is 0. The molecule has 1 spiro atoms. The summed E-state index contributed by atoms with van der Waals surface area (Å²) in [5, 5.41) is 4.16. The van der Waals surface area contributed by atoms with Crippen LogP contribution in [-0.2, 0) is 14.4 Å². The van der Waals surface area contributed by atoms with Crippen molar-refractivity contribution in [1.82, 2.24) is 0 Å². The summed E-state index contributed by atoms with van der Waals surface area (Å²) in [7, 11) is 3.13. The molecule has 2 amide bonds. The molecule has 1 atom stereocenters. The lowest BCUT2D eigenvalue weighted by Gasteiger charge is -2.22. The number of amides is 2. The zero-order valence-electron chi connectivity index (χ0n) is 16.8. The lowest BCUT2D eigenvalue weighted by molar-refractivity contribution is -0.136. The molecule has 0 unspecified atom stereocenters. The monoisotopic (exact) mass is 394 g/mol. The van der Waals surface area contributed by atoms with Gasteiger partial charge >= 0.3 is 0 Å². The number of imide groups is 1. The van der Waals surface area contributed by atoms with Crippen LogP contribution in [0.25, 0.3) is 0 Å². The van der Waals surface area contributed by atoms with Crippen molar-refractivity contribution in [1.29, 1.82) is 0 Å². The van der Waals surface area contributed by atoms with Crippen LogP contribution in [0.2, 0.25) is 0 Å². The van der Waals surface area contributed by atoms with Crippen molar-refractivity contribution in [3.05, 3.63) is 53.1 Å². The molecule has 2 heterocycles. The molecule has 2 aliphatic heterocycles. The molecule has 0 bridgehead atoms. The second-order valence-electron chi connectivity index (χ2n) is 7.32. The maximum atomic E-state index is 13.4. The summed E-state index contributed by atoms with van der Waals surface area (Å²) in [6, 6.07) is 11.0. The molecule has 29 heavy (non-hydrogen) atoms. The number of hydrogen-bond acceptors (Lipinski definition) is 6. The van der Waals surface area contributed by atoms with Crippen LogP contribution in [0.15, 0.2) is 41.6 Å². The Bertz CT molecular complexity index is 1030. The minimum absolute atomic E-state index is 0.0567. The number of carbonyl (C=O) groups is 2. The average molecular weight is 394 g/mol. The number of anilines is 1. The minimum Gasteiger partial charge on any atom is -0.497 e. The Kier molecular flexibility index (Phi) is 4.53. The van der Waals surface area contributed by atoms with Gasteiger partial charge in [-0.15, -0.1) is 0 Å². The Morgan fingerprint density at radius 2 is 1.76 bits per heavy atom. The number of methoxy groups -OCH3 is 2. The van der Waals surface area contributed by atoms with Crippen LogP contribution in [0.4, 0.5) is 5.69 Å². The molecule has 2 aromatic rings. The largest absolute Gasteiger partial charge is 0.497 e. The fraction of sp³-hybridized carbons (Fsp3) is 0.318. The van der Waals surface area contributed by atoms with Crippen molar-refractivity contribution in [2.24, 2.45) is 5.16 Å². The third-order valence-corrected chi connectivity index (χ3v) is 5.44. The number of aryl methyl sites for hydroxylation is 2. The Balaban J connectivity index is 1.68. The third-order valence-electron chi connectivity index (χ3n) is 5.44. The van der Waals surface area contributed by atoms with Crippen LogP contribution in [0, 0.1) is 13.8 Å². The Morgan fingerprint density at radius 3 is 2.41 bits per heavy atom. The molecule has 1 saturated heterocycles. The van der Waals surface area contributed by atoms with Crippen LogP contribution in [0.1, 0.15) is 29.5 Å². The van der Waals surface area contributed by atoms with Crippen molar-refractivity contribution < 1.29 is 23.9 Å². The summed E-state index contributed by atoms with van der Waals surface area (Å²) in [6.07, 6.45) is 0.126. The molecule has 2 aliphatic rings. The van der Waals surface area contributed by atoms with Crippen molar-refractivity contribution in [3.8, 4) is 11.5 Å². The van der Waals surface area contributed by atoms with E-state index in [0.717, 1.165) is 11.1 Å². The van der Waals surface area contributed by atoms with Gasteiger partial charge in [0.2, 0.25) is 11.5 Å². The average Bonchev–Trinajstić information content (AvgIpc) is 3.24. The summed E-state index contributed by atoms with van der Waals surface area (Å²) in [5.74, 6) is 0.547. The Labute approximate surface area is 168 Å². The van der Waals surface area contributed by atoms with Crippen LogP contribution < -0.4 is 14.4 Å². The van der Waals surface area contributed by atoms with E-state index in [-0.39, 0.29) is 24.7 Å². The normalized spacial score (nSPS) is 20.8. The molecule has 1 fully saturated rings. The van der Waals surface area contributed by atoms with Gasteiger partial charge in [-0.1, -0.05) is 23.4 Å². The number of hydrogen-bond donors (Lipinski definition) is 0. The number of para-hydroxylation sites is 1. The van der Waals surface area contributed by atoms with Gasteiger partial charge in [-0.05, 0) is 43.2 Å². The summed E-state index contributed by atoms with van der Waals surface area (Å²) in [5.41, 5.74) is 2.24. The topological polar surface area (TPSA) is 77.4 Å². The number of benzene rings is 2. The smallest absolute Gasteiger partial charge is 0.281 e. The van der Waals surface area contributed by atoms with E-state index in [2.05, 4.69) is 5.16 Å². The summed E-state index contributed by atoms with van der Waals surface area (Å²) in [4.78, 5) is 33.1. The molecule has 7 nitrogen and oxygen atoms in total. The standard InChI is InChI=1S/C22H22N2O5/c1-13-6-5-7-14(2)20(13)24-19(25)12-22(21(24)26)11-17(23-29-22)16-10-15(27-3)8-9-18(16)28-4/h5-10H,11-12H2,1-4H3/t22-/m1/s1. The molecule has 0 radical (unpaired) electrons. The molecule has 4 rings (SSSR count). The number of carbonyl (C=O) groups excluding carboxylic acids is 2. The van der Waals surface area contributed by atoms with Crippen molar-refractivity contribution in [3.63, 3.8) is 0 Å². The fourth-order valence-electron chi connectivity index (χ4n) is 3.97. The second-order valence-corrected chi connectivity index (χ2v) is 7.32. The Morgan fingerprint density at radius 1 is 1.03 bits per heavy atom. The van der Waals surface area contributed by atoms with Crippen LogP contribution in [-0.4, -0.2) is 37.3 Å². The first-order chi connectivity index (χ1) is 13.9. The number of rotatable bonds is 4. The van der Waals surface area contributed by atoms with E-state index in [4.69, 9.17) is 14.3 Å². The maximum Gasteiger partial charge on any atom is 0.281 e. The SMILES string of the molecule is COc1ccc(OC)c(C2=NO[C@@]3(CC(=O)N(c4c(C)cccc4C)C3=O)C2)c1. The summed E-state index contributed by atoms with van der Waals surface area (Å²) in [6.45, 7) is 3.76. The highest BCUT2D eigenvalue weighted by Crippen LogP contribution is 2.42. The third kappa shape index (κ3) is 2.93. The predicted octanol–water partition coefficient (Wildman–Crippen LogP) is 3.15. The summed E-state index contributed by atoms with van der Waals surface area (Å²) < 4.78 is 10.7. The molecule has 0 aromatic heterocycles. The first-order valence-corrected chi connectivity index (χ1v) is 9.31. The van der Waals surface area contributed by atoms with Crippen molar-refractivity contribution >= 4 is 23.2 Å².